The van der Waals surface area contributed by atoms with Crippen molar-refractivity contribution in [2.75, 3.05) is 6.54 Å². The second-order valence-electron chi connectivity index (χ2n) is 1.94. The normalized spacial score (nSPS) is 11.3. The van der Waals surface area contributed by atoms with Crippen molar-refractivity contribution in [1.29, 1.82) is 0 Å². The predicted molar refractivity (Wildman–Crippen MR) is 40.6 cm³/mol. The minimum atomic E-state index is -0.0900. The zero-order valence-electron chi connectivity index (χ0n) is 6.35. The lowest BCUT2D eigenvalue weighted by molar-refractivity contribution is -0.120. The van der Waals surface area contributed by atoms with Crippen LogP contribution in [-0.4, -0.2) is 18.2 Å². The Morgan fingerprint density at radius 1 is 1.70 bits per heavy atom. The molecule has 0 radical (unpaired) electrons. The molecule has 0 unspecified atom stereocenters. The van der Waals surface area contributed by atoms with Crippen LogP contribution in [0.1, 0.15) is 20.3 Å². The lowest BCUT2D eigenvalue weighted by Gasteiger charge is -1.96. The molecule has 0 aliphatic heterocycles. The van der Waals surface area contributed by atoms with Crippen LogP contribution in [0.5, 0.6) is 0 Å². The smallest absolute Gasteiger partial charge is 0.239 e. The Morgan fingerprint density at radius 3 is 2.70 bits per heavy atom. The highest BCUT2D eigenvalue weighted by Crippen LogP contribution is 1.75. The summed E-state index contributed by atoms with van der Waals surface area (Å²) in [5.74, 6) is -0.0900. The van der Waals surface area contributed by atoms with Crippen LogP contribution in [0.25, 0.3) is 0 Å². The van der Waals surface area contributed by atoms with Gasteiger partial charge in [-0.3, -0.25) is 4.79 Å². The summed E-state index contributed by atoms with van der Waals surface area (Å²) in [4.78, 5) is 10.6. The first-order chi connectivity index (χ1) is 4.70. The van der Waals surface area contributed by atoms with E-state index in [0.717, 1.165) is 5.71 Å². The summed E-state index contributed by atoms with van der Waals surface area (Å²) in [6.07, 6.45) is 0.446. The third-order valence-electron chi connectivity index (χ3n) is 0.988. The van der Waals surface area contributed by atoms with Crippen molar-refractivity contribution in [3.63, 3.8) is 0 Å². The maximum atomic E-state index is 10.6. The number of hydrazone groups is 1. The lowest BCUT2D eigenvalue weighted by Crippen LogP contribution is -2.20. The first-order valence-corrected chi connectivity index (χ1v) is 3.22. The van der Waals surface area contributed by atoms with E-state index < -0.39 is 0 Å². The summed E-state index contributed by atoms with van der Waals surface area (Å²) >= 11 is 0. The lowest BCUT2D eigenvalue weighted by atomic mass is 10.4. The van der Waals surface area contributed by atoms with E-state index in [9.17, 15) is 4.79 Å². The van der Waals surface area contributed by atoms with Crippen molar-refractivity contribution < 1.29 is 4.79 Å². The Kier molecular flexibility index (Phi) is 4.49. The molecule has 0 bridgehead atoms. The molecule has 0 aliphatic rings. The van der Waals surface area contributed by atoms with E-state index >= 15 is 0 Å². The highest BCUT2D eigenvalue weighted by atomic mass is 16.2. The molecule has 0 heterocycles. The third kappa shape index (κ3) is 4.03. The number of nitrogens with zero attached hydrogens (tertiary/aromatic N) is 1. The average Bonchev–Trinajstić information content (AvgIpc) is 1.99. The monoisotopic (exact) mass is 143 g/mol. The van der Waals surface area contributed by atoms with Gasteiger partial charge < -0.3 is 5.73 Å². The zero-order chi connectivity index (χ0) is 7.98. The molecule has 0 aromatic rings. The van der Waals surface area contributed by atoms with Crippen LogP contribution >= 0.6 is 0 Å². The molecule has 1 amide bonds. The van der Waals surface area contributed by atoms with Crippen LogP contribution < -0.4 is 11.2 Å². The highest BCUT2D eigenvalue weighted by molar-refractivity contribution is 5.85. The van der Waals surface area contributed by atoms with Crippen molar-refractivity contribution in [2.45, 2.75) is 20.3 Å². The Morgan fingerprint density at radius 2 is 2.30 bits per heavy atom. The number of carbonyl (C=O) groups excluding carboxylic acids is 1. The van der Waals surface area contributed by atoms with E-state index in [4.69, 9.17) is 5.73 Å². The number of carbonyl (C=O) groups is 1. The van der Waals surface area contributed by atoms with Crippen molar-refractivity contribution in [2.24, 2.45) is 10.8 Å². The van der Waals surface area contributed by atoms with Gasteiger partial charge in [-0.25, -0.2) is 5.43 Å². The zero-order valence-corrected chi connectivity index (χ0v) is 6.35. The number of nitrogens with two attached hydrogens (primary N) is 1. The summed E-state index contributed by atoms with van der Waals surface area (Å²) in [5.41, 5.74) is 8.29. The summed E-state index contributed by atoms with van der Waals surface area (Å²) in [5, 5.41) is 3.71. The van der Waals surface area contributed by atoms with E-state index in [2.05, 4.69) is 10.5 Å². The molecule has 0 aromatic heterocycles. The summed E-state index contributed by atoms with van der Waals surface area (Å²) < 4.78 is 0. The quantitative estimate of drug-likeness (QED) is 0.426. The Balaban J connectivity index is 3.61. The first kappa shape index (κ1) is 9.10. The maximum Gasteiger partial charge on any atom is 0.239 e. The second-order valence-corrected chi connectivity index (χ2v) is 1.94. The minimum Gasteiger partial charge on any atom is -0.325 e. The number of rotatable bonds is 3. The Labute approximate surface area is 60.5 Å². The van der Waals surface area contributed by atoms with Gasteiger partial charge in [0.1, 0.15) is 0 Å². The topological polar surface area (TPSA) is 67.5 Å². The van der Waals surface area contributed by atoms with Gasteiger partial charge in [0, 0.05) is 18.7 Å². The minimum absolute atomic E-state index is 0.0900. The standard InChI is InChI=1S/C6H13N3O/c1-3-6(10)9-8-5(2)4-7/h3-4,7H2,1-2H3,(H,9,10)/b8-5+. The van der Waals surface area contributed by atoms with E-state index in [1.54, 1.807) is 13.8 Å². The molecule has 0 saturated carbocycles. The maximum absolute atomic E-state index is 10.6. The van der Waals surface area contributed by atoms with Crippen molar-refractivity contribution in [3.8, 4) is 0 Å². The van der Waals surface area contributed by atoms with Crippen LogP contribution in [0, 0.1) is 0 Å². The Bertz CT molecular complexity index is 142. The first-order valence-electron chi connectivity index (χ1n) is 3.22. The van der Waals surface area contributed by atoms with Crippen molar-refractivity contribution in [1.82, 2.24) is 5.43 Å². The van der Waals surface area contributed by atoms with Crippen LogP contribution in [-0.2, 0) is 4.79 Å². The molecule has 0 aliphatic carbocycles. The van der Waals surface area contributed by atoms with Gasteiger partial charge in [0.15, 0.2) is 0 Å². The molecule has 3 N–H and O–H groups in total. The number of amides is 1. The number of hydrogen-bond donors (Lipinski definition) is 2. The van der Waals surface area contributed by atoms with Gasteiger partial charge in [-0.2, -0.15) is 5.10 Å². The van der Waals surface area contributed by atoms with Gasteiger partial charge in [0.25, 0.3) is 0 Å². The largest absolute Gasteiger partial charge is 0.325 e. The third-order valence-corrected chi connectivity index (χ3v) is 0.988. The molecule has 4 heteroatoms. The summed E-state index contributed by atoms with van der Waals surface area (Å²) in [6.45, 7) is 3.91. The fourth-order valence-corrected chi connectivity index (χ4v) is 0.282. The molecule has 58 valence electrons. The molecule has 0 saturated heterocycles. The Hall–Kier alpha value is -0.900. The SMILES string of the molecule is CCC(=O)N/N=C(\C)CN. The molecule has 0 atom stereocenters. The molecule has 10 heavy (non-hydrogen) atoms. The van der Waals surface area contributed by atoms with Gasteiger partial charge in [-0.15, -0.1) is 0 Å². The molecule has 4 nitrogen and oxygen atoms in total. The van der Waals surface area contributed by atoms with E-state index in [0.29, 0.717) is 13.0 Å². The molecule has 0 fully saturated rings. The fraction of sp³-hybridized carbons (Fsp3) is 0.667. The van der Waals surface area contributed by atoms with E-state index in [1.165, 1.54) is 0 Å². The van der Waals surface area contributed by atoms with E-state index in [1.807, 2.05) is 0 Å². The number of hydrogen-bond acceptors (Lipinski definition) is 3. The van der Waals surface area contributed by atoms with Gasteiger partial charge >= 0.3 is 0 Å². The van der Waals surface area contributed by atoms with Gasteiger partial charge in [-0.1, -0.05) is 6.92 Å². The van der Waals surface area contributed by atoms with Gasteiger partial charge in [0.05, 0.1) is 0 Å². The van der Waals surface area contributed by atoms with Crippen LogP contribution in [0.2, 0.25) is 0 Å². The average molecular weight is 143 g/mol. The van der Waals surface area contributed by atoms with Gasteiger partial charge in [-0.05, 0) is 6.92 Å². The molecule has 0 aromatic carbocycles. The predicted octanol–water partition coefficient (Wildman–Crippen LogP) is -0.153. The van der Waals surface area contributed by atoms with Crippen molar-refractivity contribution >= 4 is 11.6 Å². The van der Waals surface area contributed by atoms with Crippen LogP contribution in [0.15, 0.2) is 5.10 Å². The van der Waals surface area contributed by atoms with Crippen molar-refractivity contribution in [3.05, 3.63) is 0 Å². The fourth-order valence-electron chi connectivity index (χ4n) is 0.282. The second kappa shape index (κ2) is 4.93. The highest BCUT2D eigenvalue weighted by Gasteiger charge is 1.92. The van der Waals surface area contributed by atoms with Crippen LogP contribution in [0.4, 0.5) is 0 Å². The summed E-state index contributed by atoms with van der Waals surface area (Å²) in [6, 6.07) is 0. The molecule has 0 rings (SSSR count). The molecule has 0 spiro atoms. The summed E-state index contributed by atoms with van der Waals surface area (Å²) in [7, 11) is 0. The molecular formula is C6H13N3O. The number of nitrogens with one attached hydrogen (secondary N) is 1. The van der Waals surface area contributed by atoms with Crippen LogP contribution in [0.3, 0.4) is 0 Å². The molecular weight excluding hydrogens is 130 g/mol. The van der Waals surface area contributed by atoms with Gasteiger partial charge in [0.2, 0.25) is 5.91 Å². The van der Waals surface area contributed by atoms with E-state index in [-0.39, 0.29) is 5.91 Å².